The van der Waals surface area contributed by atoms with E-state index in [1.807, 2.05) is 18.2 Å². The second-order valence-corrected chi connectivity index (χ2v) is 9.48. The quantitative estimate of drug-likeness (QED) is 0.513. The minimum atomic E-state index is -0.475. The van der Waals surface area contributed by atoms with Crippen LogP contribution in [-0.4, -0.2) is 78.0 Å². The highest BCUT2D eigenvalue weighted by molar-refractivity contribution is 5.77. The van der Waals surface area contributed by atoms with Gasteiger partial charge < -0.3 is 24.4 Å². The molecule has 38 heavy (non-hydrogen) atoms. The van der Waals surface area contributed by atoms with E-state index in [9.17, 15) is 10.1 Å². The number of hydrogen-bond donors (Lipinski definition) is 1. The lowest BCUT2D eigenvalue weighted by molar-refractivity contribution is -0.135. The molecular weight excluding hydrogens is 482 g/mol. The largest absolute Gasteiger partial charge is 0.489 e. The van der Waals surface area contributed by atoms with Crippen molar-refractivity contribution in [3.63, 3.8) is 0 Å². The van der Waals surface area contributed by atoms with Crippen molar-refractivity contribution in [2.75, 3.05) is 50.9 Å². The first-order valence-corrected chi connectivity index (χ1v) is 13.0. The molecule has 2 fully saturated rings. The van der Waals surface area contributed by atoms with E-state index in [4.69, 9.17) is 19.6 Å². The van der Waals surface area contributed by atoms with Gasteiger partial charge in [-0.3, -0.25) is 4.79 Å². The van der Waals surface area contributed by atoms with E-state index in [-0.39, 0.29) is 12.0 Å². The molecule has 3 heterocycles. The average molecular weight is 514 g/mol. The van der Waals surface area contributed by atoms with Gasteiger partial charge in [0.05, 0.1) is 24.5 Å². The smallest absolute Gasteiger partial charge is 0.248 e. The van der Waals surface area contributed by atoms with Crippen LogP contribution in [0.15, 0.2) is 54.7 Å². The zero-order valence-electron chi connectivity index (χ0n) is 21.3. The molecule has 0 spiro atoms. The van der Waals surface area contributed by atoms with Crippen LogP contribution >= 0.6 is 0 Å². The summed E-state index contributed by atoms with van der Waals surface area (Å²) in [5.74, 6) is 0.974. The third-order valence-electron chi connectivity index (χ3n) is 7.00. The third-order valence-corrected chi connectivity index (χ3v) is 7.00. The fourth-order valence-electron chi connectivity index (χ4n) is 4.86. The molecule has 3 aromatic rings. The molecule has 0 atom stereocenters. The lowest BCUT2D eigenvalue weighted by Gasteiger charge is -2.32. The summed E-state index contributed by atoms with van der Waals surface area (Å²) in [7, 11) is 0. The number of carbonyl (C=O) groups excluding carboxylic acids is 1. The highest BCUT2D eigenvalue weighted by Crippen LogP contribution is 2.28. The van der Waals surface area contributed by atoms with Crippen molar-refractivity contribution >= 4 is 11.6 Å². The minimum absolute atomic E-state index is 0.0871. The van der Waals surface area contributed by atoms with Crippen molar-refractivity contribution in [1.82, 2.24) is 14.9 Å². The molecule has 9 heteroatoms. The number of ether oxygens (including phenoxy) is 2. The van der Waals surface area contributed by atoms with E-state index in [1.165, 1.54) is 5.69 Å². The number of aliphatic hydroxyl groups excluding tert-OH is 1. The highest BCUT2D eigenvalue weighted by atomic mass is 16.5. The van der Waals surface area contributed by atoms with Crippen LogP contribution in [0.4, 0.5) is 5.69 Å². The standard InChI is InChI=1S/C29H31N5O4/c30-19-23-18-22(3-6-27(23)38-25-8-11-34(12-9-25)29(36)20-35)26-7-10-31-28(32-26)17-21-1-4-24(5-2-21)33-13-15-37-16-14-33/h1-7,10,18,25,35H,8-9,11-17,20H2. The Kier molecular flexibility index (Phi) is 8.12. The summed E-state index contributed by atoms with van der Waals surface area (Å²) >= 11 is 0. The van der Waals surface area contributed by atoms with Crippen molar-refractivity contribution in [2.45, 2.75) is 25.4 Å². The van der Waals surface area contributed by atoms with Crippen LogP contribution in [0, 0.1) is 11.3 Å². The molecule has 5 rings (SSSR count). The van der Waals surface area contributed by atoms with Crippen LogP contribution in [0.5, 0.6) is 5.75 Å². The molecule has 2 aromatic carbocycles. The normalized spacial score (nSPS) is 16.2. The number of morpholine rings is 1. The second kappa shape index (κ2) is 12.0. The van der Waals surface area contributed by atoms with Crippen molar-refractivity contribution in [1.29, 1.82) is 5.26 Å². The summed E-state index contributed by atoms with van der Waals surface area (Å²) in [6.07, 6.45) is 3.58. The lowest BCUT2D eigenvalue weighted by Crippen LogP contribution is -2.42. The van der Waals surface area contributed by atoms with Gasteiger partial charge in [0.15, 0.2) is 0 Å². The first kappa shape index (κ1) is 25.6. The number of likely N-dealkylation sites (tertiary alicyclic amines) is 1. The Morgan fingerprint density at radius 1 is 1.08 bits per heavy atom. The number of anilines is 1. The van der Waals surface area contributed by atoms with Gasteiger partial charge in [-0.05, 0) is 42.0 Å². The maximum Gasteiger partial charge on any atom is 0.248 e. The van der Waals surface area contributed by atoms with Gasteiger partial charge in [0, 0.05) is 62.9 Å². The van der Waals surface area contributed by atoms with E-state index in [1.54, 1.807) is 17.2 Å². The number of piperidine rings is 1. The number of aliphatic hydroxyl groups is 1. The van der Waals surface area contributed by atoms with Crippen molar-refractivity contribution in [3.8, 4) is 23.1 Å². The molecule has 0 unspecified atom stereocenters. The van der Waals surface area contributed by atoms with E-state index in [0.717, 1.165) is 43.1 Å². The first-order chi connectivity index (χ1) is 18.6. The van der Waals surface area contributed by atoms with Gasteiger partial charge in [-0.15, -0.1) is 0 Å². The zero-order chi connectivity index (χ0) is 26.3. The van der Waals surface area contributed by atoms with Gasteiger partial charge in [-0.25, -0.2) is 9.97 Å². The molecule has 0 aliphatic carbocycles. The summed E-state index contributed by atoms with van der Waals surface area (Å²) in [5.41, 5.74) is 4.34. The summed E-state index contributed by atoms with van der Waals surface area (Å²) in [4.78, 5) is 24.9. The number of aromatic nitrogens is 2. The summed E-state index contributed by atoms with van der Waals surface area (Å²) in [6.45, 7) is 3.92. The van der Waals surface area contributed by atoms with E-state index >= 15 is 0 Å². The summed E-state index contributed by atoms with van der Waals surface area (Å²) < 4.78 is 11.6. The molecule has 0 radical (unpaired) electrons. The number of carbonyl (C=O) groups is 1. The Balaban J connectivity index is 1.24. The second-order valence-electron chi connectivity index (χ2n) is 9.48. The predicted octanol–water partition coefficient (Wildman–Crippen LogP) is 2.80. The molecule has 9 nitrogen and oxygen atoms in total. The molecule has 0 saturated carbocycles. The Bertz CT molecular complexity index is 1290. The first-order valence-electron chi connectivity index (χ1n) is 13.0. The molecule has 196 valence electrons. The number of nitrogens with zero attached hydrogens (tertiary/aromatic N) is 5. The SMILES string of the molecule is N#Cc1cc(-c2ccnc(Cc3ccc(N4CCOCC4)cc3)n2)ccc1OC1CCN(C(=O)CO)CC1. The lowest BCUT2D eigenvalue weighted by atomic mass is 10.1. The predicted molar refractivity (Wildman–Crippen MR) is 142 cm³/mol. The number of benzene rings is 2. The van der Waals surface area contributed by atoms with E-state index in [0.29, 0.717) is 49.5 Å². The maximum absolute atomic E-state index is 11.7. The van der Waals surface area contributed by atoms with Crippen molar-refractivity contribution < 1.29 is 19.4 Å². The fraction of sp³-hybridized carbons (Fsp3) is 0.379. The maximum atomic E-state index is 11.7. The minimum Gasteiger partial charge on any atom is -0.489 e. The fourth-order valence-corrected chi connectivity index (χ4v) is 4.86. The molecule has 2 aliphatic heterocycles. The molecule has 1 aromatic heterocycles. The Morgan fingerprint density at radius 2 is 1.84 bits per heavy atom. The van der Waals surface area contributed by atoms with E-state index in [2.05, 4.69) is 40.2 Å². The van der Waals surface area contributed by atoms with Gasteiger partial charge in [0.2, 0.25) is 5.91 Å². The summed E-state index contributed by atoms with van der Waals surface area (Å²) in [5, 5.41) is 18.8. The van der Waals surface area contributed by atoms with Crippen LogP contribution in [0.3, 0.4) is 0 Å². The van der Waals surface area contributed by atoms with Crippen molar-refractivity contribution in [3.05, 3.63) is 71.7 Å². The molecular formula is C29H31N5O4. The molecule has 2 aliphatic rings. The molecule has 1 amide bonds. The van der Waals surface area contributed by atoms with Crippen LogP contribution < -0.4 is 9.64 Å². The number of nitriles is 1. The Labute approximate surface area is 222 Å². The zero-order valence-corrected chi connectivity index (χ0v) is 21.3. The molecule has 1 N–H and O–H groups in total. The topological polar surface area (TPSA) is 112 Å². The Hall–Kier alpha value is -4.00. The number of rotatable bonds is 7. The van der Waals surface area contributed by atoms with Crippen LogP contribution in [0.25, 0.3) is 11.3 Å². The van der Waals surface area contributed by atoms with Gasteiger partial charge >= 0.3 is 0 Å². The third kappa shape index (κ3) is 6.10. The summed E-state index contributed by atoms with van der Waals surface area (Å²) in [6, 6.07) is 18.1. The average Bonchev–Trinajstić information content (AvgIpc) is 2.98. The number of hydrogen-bond acceptors (Lipinski definition) is 8. The van der Waals surface area contributed by atoms with Crippen LogP contribution in [0.1, 0.15) is 29.8 Å². The van der Waals surface area contributed by atoms with Gasteiger partial charge in [-0.1, -0.05) is 12.1 Å². The van der Waals surface area contributed by atoms with E-state index < -0.39 is 6.61 Å². The van der Waals surface area contributed by atoms with Crippen LogP contribution in [-0.2, 0) is 16.0 Å². The Morgan fingerprint density at radius 3 is 2.55 bits per heavy atom. The van der Waals surface area contributed by atoms with Crippen molar-refractivity contribution in [2.24, 2.45) is 0 Å². The molecule has 0 bridgehead atoms. The highest BCUT2D eigenvalue weighted by Gasteiger charge is 2.24. The molecule has 2 saturated heterocycles. The monoisotopic (exact) mass is 513 g/mol. The van der Waals surface area contributed by atoms with Crippen LogP contribution in [0.2, 0.25) is 0 Å². The number of amides is 1. The van der Waals surface area contributed by atoms with Gasteiger partial charge in [0.25, 0.3) is 0 Å². The van der Waals surface area contributed by atoms with Gasteiger partial charge in [0.1, 0.15) is 30.4 Å². The van der Waals surface area contributed by atoms with Gasteiger partial charge in [-0.2, -0.15) is 5.26 Å².